The van der Waals surface area contributed by atoms with E-state index in [0.29, 0.717) is 5.56 Å². The zero-order valence-corrected chi connectivity index (χ0v) is 9.97. The second kappa shape index (κ2) is 4.16. The van der Waals surface area contributed by atoms with E-state index in [1.807, 2.05) is 55.5 Å². The highest BCUT2D eigenvalue weighted by atomic mass is 16.2. The summed E-state index contributed by atoms with van der Waals surface area (Å²) in [6.45, 7) is 1.93. The number of nitrogens with one attached hydrogen (secondary N) is 2. The Labute approximate surface area is 105 Å². The second-order valence-corrected chi connectivity index (χ2v) is 4.21. The van der Waals surface area contributed by atoms with E-state index in [1.54, 1.807) is 0 Å². The van der Waals surface area contributed by atoms with Gasteiger partial charge in [-0.1, -0.05) is 30.3 Å². The zero-order chi connectivity index (χ0) is 12.5. The monoisotopic (exact) mass is 239 g/mol. The molecular weight excluding hydrogens is 226 g/mol. The standard InChI is InChI=1S/C14H13N3O/c1-10-6-2-3-7-11(10)14(18)17-13-9-5-4-8-12(13)15-16-17/h2-9,15-16H,1H3. The van der Waals surface area contributed by atoms with Crippen molar-refractivity contribution in [2.75, 3.05) is 10.4 Å². The van der Waals surface area contributed by atoms with E-state index in [1.165, 1.54) is 5.01 Å². The molecule has 0 aliphatic carbocycles. The van der Waals surface area contributed by atoms with E-state index >= 15 is 0 Å². The van der Waals surface area contributed by atoms with Gasteiger partial charge in [-0.2, -0.15) is 0 Å². The maximum absolute atomic E-state index is 12.5. The molecule has 2 aromatic rings. The molecule has 1 amide bonds. The van der Waals surface area contributed by atoms with Crippen molar-refractivity contribution in [3.63, 3.8) is 0 Å². The van der Waals surface area contributed by atoms with Gasteiger partial charge in [-0.05, 0) is 30.7 Å². The highest BCUT2D eigenvalue weighted by molar-refractivity contribution is 6.09. The number of benzene rings is 2. The van der Waals surface area contributed by atoms with Crippen LogP contribution in [0, 0.1) is 6.92 Å². The highest BCUT2D eigenvalue weighted by Gasteiger charge is 2.25. The van der Waals surface area contributed by atoms with Crippen LogP contribution in [0.5, 0.6) is 0 Å². The van der Waals surface area contributed by atoms with Gasteiger partial charge >= 0.3 is 0 Å². The highest BCUT2D eigenvalue weighted by Crippen LogP contribution is 2.29. The molecule has 0 saturated carbocycles. The molecule has 0 bridgehead atoms. The van der Waals surface area contributed by atoms with Crippen molar-refractivity contribution in [1.29, 1.82) is 0 Å². The number of anilines is 2. The Hall–Kier alpha value is -2.33. The fraction of sp³-hybridized carbons (Fsp3) is 0.0714. The van der Waals surface area contributed by atoms with Crippen molar-refractivity contribution in [3.05, 3.63) is 59.7 Å². The summed E-state index contributed by atoms with van der Waals surface area (Å²) in [6.07, 6.45) is 0. The lowest BCUT2D eigenvalue weighted by Crippen LogP contribution is -2.41. The molecule has 4 nitrogen and oxygen atoms in total. The SMILES string of the molecule is Cc1ccccc1C(=O)N1NNc2ccccc21. The van der Waals surface area contributed by atoms with Crippen LogP contribution >= 0.6 is 0 Å². The van der Waals surface area contributed by atoms with Crippen molar-refractivity contribution in [1.82, 2.24) is 5.53 Å². The molecule has 1 aliphatic heterocycles. The average molecular weight is 239 g/mol. The third-order valence-electron chi connectivity index (χ3n) is 3.03. The van der Waals surface area contributed by atoms with Gasteiger partial charge in [0.25, 0.3) is 5.91 Å². The van der Waals surface area contributed by atoms with Crippen molar-refractivity contribution < 1.29 is 4.79 Å². The van der Waals surface area contributed by atoms with Gasteiger partial charge in [0.15, 0.2) is 0 Å². The molecule has 18 heavy (non-hydrogen) atoms. The fourth-order valence-corrected chi connectivity index (χ4v) is 2.04. The first-order chi connectivity index (χ1) is 8.77. The molecule has 1 heterocycles. The summed E-state index contributed by atoms with van der Waals surface area (Å²) < 4.78 is 0. The Morgan fingerprint density at radius 1 is 1.06 bits per heavy atom. The molecule has 0 unspecified atom stereocenters. The number of para-hydroxylation sites is 2. The Morgan fingerprint density at radius 3 is 2.61 bits per heavy atom. The van der Waals surface area contributed by atoms with Gasteiger partial charge in [-0.3, -0.25) is 4.79 Å². The summed E-state index contributed by atoms with van der Waals surface area (Å²) in [7, 11) is 0. The molecule has 0 fully saturated rings. The maximum Gasteiger partial charge on any atom is 0.274 e. The Bertz CT molecular complexity index is 609. The van der Waals surface area contributed by atoms with Crippen molar-refractivity contribution in [2.24, 2.45) is 0 Å². The van der Waals surface area contributed by atoms with Gasteiger partial charge in [-0.25, -0.2) is 5.01 Å². The van der Waals surface area contributed by atoms with Gasteiger partial charge in [0, 0.05) is 5.56 Å². The van der Waals surface area contributed by atoms with Gasteiger partial charge in [0.2, 0.25) is 0 Å². The van der Waals surface area contributed by atoms with Gasteiger partial charge < -0.3 is 5.43 Å². The molecular formula is C14H13N3O. The van der Waals surface area contributed by atoms with Gasteiger partial charge in [0.1, 0.15) is 0 Å². The minimum atomic E-state index is -0.0643. The van der Waals surface area contributed by atoms with Crippen LogP contribution in [0.2, 0.25) is 0 Å². The number of rotatable bonds is 1. The molecule has 2 aromatic carbocycles. The summed E-state index contributed by atoms with van der Waals surface area (Å²) in [6, 6.07) is 15.2. The zero-order valence-electron chi connectivity index (χ0n) is 9.97. The van der Waals surface area contributed by atoms with Crippen LogP contribution in [0.1, 0.15) is 15.9 Å². The predicted octanol–water partition coefficient (Wildman–Crippen LogP) is 2.49. The lowest BCUT2D eigenvalue weighted by Gasteiger charge is -2.16. The molecule has 1 aliphatic rings. The molecule has 0 saturated heterocycles. The fourth-order valence-electron chi connectivity index (χ4n) is 2.04. The minimum absolute atomic E-state index is 0.0643. The first-order valence-corrected chi connectivity index (χ1v) is 5.78. The number of fused-ring (bicyclic) bond motifs is 1. The van der Waals surface area contributed by atoms with Crippen molar-refractivity contribution in [3.8, 4) is 0 Å². The normalized spacial score (nSPS) is 13.1. The number of amides is 1. The number of nitrogens with zero attached hydrogens (tertiary/aromatic N) is 1. The molecule has 2 N–H and O–H groups in total. The lowest BCUT2D eigenvalue weighted by molar-refractivity contribution is 0.0978. The number of hydrazine groups is 2. The predicted molar refractivity (Wildman–Crippen MR) is 71.2 cm³/mol. The molecule has 3 rings (SSSR count). The van der Waals surface area contributed by atoms with Crippen molar-refractivity contribution >= 4 is 17.3 Å². The van der Waals surface area contributed by atoms with E-state index in [4.69, 9.17) is 0 Å². The smallest absolute Gasteiger partial charge is 0.274 e. The molecule has 0 aromatic heterocycles. The van der Waals surface area contributed by atoms with Gasteiger partial charge in [0.05, 0.1) is 11.4 Å². The molecule has 90 valence electrons. The van der Waals surface area contributed by atoms with Crippen LogP contribution in [0.4, 0.5) is 11.4 Å². The van der Waals surface area contributed by atoms with E-state index < -0.39 is 0 Å². The number of aryl methyl sites for hydroxylation is 1. The Morgan fingerprint density at radius 2 is 1.78 bits per heavy atom. The van der Waals surface area contributed by atoms with Crippen molar-refractivity contribution in [2.45, 2.75) is 6.92 Å². The number of carbonyl (C=O) groups excluding carboxylic acids is 1. The van der Waals surface area contributed by atoms with Gasteiger partial charge in [-0.15, -0.1) is 5.53 Å². The summed E-state index contributed by atoms with van der Waals surface area (Å²) in [5, 5.41) is 1.53. The summed E-state index contributed by atoms with van der Waals surface area (Å²) >= 11 is 0. The van der Waals surface area contributed by atoms with E-state index in [2.05, 4.69) is 11.0 Å². The Kier molecular flexibility index (Phi) is 2.50. The van der Waals surface area contributed by atoms with Crippen LogP contribution in [0.15, 0.2) is 48.5 Å². The number of hydrogen-bond acceptors (Lipinski definition) is 3. The first-order valence-electron chi connectivity index (χ1n) is 5.78. The van der Waals surface area contributed by atoms with E-state index in [9.17, 15) is 4.79 Å². The summed E-state index contributed by atoms with van der Waals surface area (Å²) in [4.78, 5) is 12.5. The third-order valence-corrected chi connectivity index (χ3v) is 3.03. The lowest BCUT2D eigenvalue weighted by atomic mass is 10.1. The quantitative estimate of drug-likeness (QED) is 0.803. The van der Waals surface area contributed by atoms with Crippen LogP contribution in [-0.2, 0) is 0 Å². The molecule has 0 atom stereocenters. The number of carbonyl (C=O) groups is 1. The maximum atomic E-state index is 12.5. The first kappa shape index (κ1) is 10.8. The average Bonchev–Trinajstić information content (AvgIpc) is 2.82. The van der Waals surface area contributed by atoms with Crippen LogP contribution in [0.3, 0.4) is 0 Å². The Balaban J connectivity index is 1.99. The largest absolute Gasteiger partial charge is 0.301 e. The third kappa shape index (κ3) is 1.63. The van der Waals surface area contributed by atoms with Crippen LogP contribution in [-0.4, -0.2) is 5.91 Å². The summed E-state index contributed by atoms with van der Waals surface area (Å²) in [5.74, 6) is -0.0643. The summed E-state index contributed by atoms with van der Waals surface area (Å²) in [5.41, 5.74) is 9.26. The second-order valence-electron chi connectivity index (χ2n) is 4.21. The van der Waals surface area contributed by atoms with Crippen LogP contribution in [0.25, 0.3) is 0 Å². The molecule has 0 spiro atoms. The molecule has 4 heteroatoms. The topological polar surface area (TPSA) is 44.4 Å². The van der Waals surface area contributed by atoms with E-state index in [-0.39, 0.29) is 5.91 Å². The van der Waals surface area contributed by atoms with Crippen LogP contribution < -0.4 is 16.0 Å². The minimum Gasteiger partial charge on any atom is -0.301 e. The van der Waals surface area contributed by atoms with E-state index in [0.717, 1.165) is 16.9 Å². The molecule has 0 radical (unpaired) electrons. The number of hydrogen-bond donors (Lipinski definition) is 2.